The number of alkyl carbamates (subject to hydrolysis) is 1. The van der Waals surface area contributed by atoms with Crippen LogP contribution in [0.4, 0.5) is 10.7 Å². The minimum atomic E-state index is -0.933. The first-order valence-electron chi connectivity index (χ1n) is 20.3. The second-order valence-electron chi connectivity index (χ2n) is 15.2. The van der Waals surface area contributed by atoms with Crippen molar-refractivity contribution in [2.75, 3.05) is 32.1 Å². The van der Waals surface area contributed by atoms with Gasteiger partial charge in [-0.2, -0.15) is 15.0 Å². The van der Waals surface area contributed by atoms with E-state index < -0.39 is 17.1 Å². The van der Waals surface area contributed by atoms with Gasteiger partial charge in [-0.3, -0.25) is 0 Å². The van der Waals surface area contributed by atoms with Crippen LogP contribution in [0.2, 0.25) is 5.28 Å². The zero-order chi connectivity index (χ0) is 39.1. The molecule has 3 N–H and O–H groups in total. The fourth-order valence-corrected chi connectivity index (χ4v) is 6.48. The van der Waals surface area contributed by atoms with Gasteiger partial charge < -0.3 is 30.0 Å². The summed E-state index contributed by atoms with van der Waals surface area (Å²) in [6.45, 7) is 11.5. The Hall–Kier alpha value is -3.79. The largest absolute Gasteiger partial charge is 0.494 e. The van der Waals surface area contributed by atoms with Crippen molar-refractivity contribution in [2.24, 2.45) is 0 Å². The van der Waals surface area contributed by atoms with Crippen molar-refractivity contribution < 1.29 is 23.7 Å². The van der Waals surface area contributed by atoms with E-state index in [2.05, 4.69) is 34.1 Å². The zero-order valence-electron chi connectivity index (χ0n) is 33.6. The lowest BCUT2D eigenvalue weighted by Gasteiger charge is -2.35. The van der Waals surface area contributed by atoms with Crippen LogP contribution in [0.5, 0.6) is 17.5 Å². The summed E-state index contributed by atoms with van der Waals surface area (Å²) in [6, 6.07) is 15.8. The van der Waals surface area contributed by atoms with E-state index in [-0.39, 0.29) is 30.4 Å². The average molecular weight is 768 g/mol. The molecule has 0 radical (unpaired) electrons. The Bertz CT molecular complexity index is 1380. The fraction of sp³-hybridized carbons (Fsp3) is 0.628. The van der Waals surface area contributed by atoms with Crippen molar-refractivity contribution in [1.82, 2.24) is 20.3 Å². The Kier molecular flexibility index (Phi) is 20.3. The molecule has 11 heteroatoms. The maximum atomic E-state index is 13.1. The van der Waals surface area contributed by atoms with Crippen LogP contribution in [0.25, 0.3) is 0 Å². The molecule has 10 nitrogen and oxygen atoms in total. The third-order valence-corrected chi connectivity index (χ3v) is 9.50. The molecule has 2 aromatic carbocycles. The zero-order valence-corrected chi connectivity index (χ0v) is 34.4. The molecule has 0 spiro atoms. The van der Waals surface area contributed by atoms with E-state index in [1.54, 1.807) is 0 Å². The average Bonchev–Trinajstić information content (AvgIpc) is 3.13. The van der Waals surface area contributed by atoms with Crippen molar-refractivity contribution in [1.29, 1.82) is 0 Å². The highest BCUT2D eigenvalue weighted by molar-refractivity contribution is 6.28. The van der Waals surface area contributed by atoms with E-state index in [4.69, 9.17) is 36.3 Å². The Morgan fingerprint density at radius 2 is 1.09 bits per heavy atom. The standard InChI is InChI=1S/C43H66ClN5O5/c1-6-8-10-12-14-16-18-20-30-51-36-26-22-34(23-27-36)43(32-46-41(50)54-42(3,4)5,33-53-40-48-38(44)47-39(45)49-40)35-24-28-37(29-25-35)52-31-21-19-17-15-13-11-9-7-2/h22-29H,6-21,30-33H2,1-5H3,(H,46,50)(H2,45,47,48,49). The predicted molar refractivity (Wildman–Crippen MR) is 219 cm³/mol. The Morgan fingerprint density at radius 1 is 0.648 bits per heavy atom. The molecule has 0 unspecified atom stereocenters. The van der Waals surface area contributed by atoms with Gasteiger partial charge in [-0.25, -0.2) is 4.79 Å². The van der Waals surface area contributed by atoms with Gasteiger partial charge in [0.1, 0.15) is 23.7 Å². The van der Waals surface area contributed by atoms with E-state index in [9.17, 15) is 4.79 Å². The number of amides is 1. The van der Waals surface area contributed by atoms with Crippen LogP contribution in [0.1, 0.15) is 148 Å². The third-order valence-electron chi connectivity index (χ3n) is 9.33. The van der Waals surface area contributed by atoms with Crippen LogP contribution in [0.15, 0.2) is 48.5 Å². The summed E-state index contributed by atoms with van der Waals surface area (Å²) in [5, 5.41) is 2.92. The number of nitrogen functional groups attached to an aromatic ring is 1. The summed E-state index contributed by atoms with van der Waals surface area (Å²) in [6.07, 6.45) is 19.3. The minimum absolute atomic E-state index is 0.0234. The van der Waals surface area contributed by atoms with Crippen LogP contribution >= 0.6 is 11.6 Å². The number of aromatic nitrogens is 3. The second kappa shape index (κ2) is 24.6. The van der Waals surface area contributed by atoms with Crippen LogP contribution in [-0.2, 0) is 10.2 Å². The number of nitrogens with two attached hydrogens (primary N) is 1. The molecule has 1 heterocycles. The van der Waals surface area contributed by atoms with E-state index in [1.165, 1.54) is 77.0 Å². The number of hydrogen-bond acceptors (Lipinski definition) is 9. The molecule has 0 saturated carbocycles. The van der Waals surface area contributed by atoms with Crippen molar-refractivity contribution in [3.8, 4) is 17.5 Å². The lowest BCUT2D eigenvalue weighted by molar-refractivity contribution is 0.0511. The van der Waals surface area contributed by atoms with Gasteiger partial charge in [0.05, 0.1) is 18.6 Å². The molecule has 54 heavy (non-hydrogen) atoms. The molecular weight excluding hydrogens is 702 g/mol. The molecule has 0 aliphatic carbocycles. The molecule has 1 aromatic heterocycles. The van der Waals surface area contributed by atoms with Gasteiger partial charge in [-0.15, -0.1) is 0 Å². The molecule has 3 rings (SSSR count). The first-order chi connectivity index (χ1) is 26.0. The number of hydrogen-bond donors (Lipinski definition) is 2. The monoisotopic (exact) mass is 767 g/mol. The lowest BCUT2D eigenvalue weighted by atomic mass is 9.74. The van der Waals surface area contributed by atoms with Gasteiger partial charge in [0.25, 0.3) is 0 Å². The molecule has 0 aliphatic heterocycles. The first kappa shape index (κ1) is 44.6. The number of halogens is 1. The second-order valence-corrected chi connectivity index (χ2v) is 15.5. The van der Waals surface area contributed by atoms with E-state index >= 15 is 0 Å². The predicted octanol–water partition coefficient (Wildman–Crippen LogP) is 11.0. The lowest BCUT2D eigenvalue weighted by Crippen LogP contribution is -2.47. The maximum absolute atomic E-state index is 13.1. The van der Waals surface area contributed by atoms with Gasteiger partial charge in [0, 0.05) is 6.54 Å². The Balaban J connectivity index is 1.81. The van der Waals surface area contributed by atoms with Crippen LogP contribution in [0, 0.1) is 0 Å². The summed E-state index contributed by atoms with van der Waals surface area (Å²) in [4.78, 5) is 25.2. The number of carbonyl (C=O) groups is 1. The van der Waals surface area contributed by atoms with Gasteiger partial charge >= 0.3 is 12.1 Å². The number of ether oxygens (including phenoxy) is 4. The summed E-state index contributed by atoms with van der Waals surface area (Å²) < 4.78 is 24.1. The van der Waals surface area contributed by atoms with Gasteiger partial charge in [0.2, 0.25) is 11.2 Å². The Labute approximate surface area is 329 Å². The molecule has 0 aliphatic rings. The number of carbonyl (C=O) groups excluding carboxylic acids is 1. The number of anilines is 1. The maximum Gasteiger partial charge on any atom is 0.407 e. The highest BCUT2D eigenvalue weighted by Gasteiger charge is 2.37. The summed E-state index contributed by atoms with van der Waals surface area (Å²) >= 11 is 6.10. The van der Waals surface area contributed by atoms with Gasteiger partial charge in [0.15, 0.2) is 0 Å². The number of rotatable bonds is 27. The molecule has 300 valence electrons. The van der Waals surface area contributed by atoms with Gasteiger partial charge in [-0.1, -0.05) is 128 Å². The van der Waals surface area contributed by atoms with Crippen molar-refractivity contribution in [3.05, 3.63) is 64.9 Å². The summed E-state index contributed by atoms with van der Waals surface area (Å²) in [5.41, 5.74) is 6.00. The highest BCUT2D eigenvalue weighted by atomic mass is 35.5. The topological polar surface area (TPSA) is 131 Å². The van der Waals surface area contributed by atoms with Gasteiger partial charge in [-0.05, 0) is 80.6 Å². The normalized spacial score (nSPS) is 11.7. The molecule has 0 saturated heterocycles. The summed E-state index contributed by atoms with van der Waals surface area (Å²) in [7, 11) is 0. The number of benzene rings is 2. The smallest absolute Gasteiger partial charge is 0.407 e. The summed E-state index contributed by atoms with van der Waals surface area (Å²) in [5.74, 6) is 1.50. The van der Waals surface area contributed by atoms with Crippen LogP contribution < -0.4 is 25.3 Å². The quantitative estimate of drug-likeness (QED) is 0.0728. The number of unbranched alkanes of at least 4 members (excludes halogenated alkanes) is 14. The van der Waals surface area contributed by atoms with E-state index in [0.29, 0.717) is 13.2 Å². The minimum Gasteiger partial charge on any atom is -0.494 e. The molecule has 0 fully saturated rings. The molecule has 1 amide bonds. The Morgan fingerprint density at radius 3 is 1.52 bits per heavy atom. The molecule has 3 aromatic rings. The first-order valence-corrected chi connectivity index (χ1v) is 20.7. The van der Waals surface area contributed by atoms with Crippen molar-refractivity contribution in [2.45, 2.75) is 148 Å². The number of nitrogens with one attached hydrogen (secondary N) is 1. The van der Waals surface area contributed by atoms with E-state index in [1.807, 2.05) is 69.3 Å². The highest BCUT2D eigenvalue weighted by Crippen LogP contribution is 2.35. The van der Waals surface area contributed by atoms with Crippen molar-refractivity contribution >= 4 is 23.6 Å². The third kappa shape index (κ3) is 17.1. The van der Waals surface area contributed by atoms with Crippen LogP contribution in [-0.4, -0.2) is 53.0 Å². The fourth-order valence-electron chi connectivity index (χ4n) is 6.32. The SMILES string of the molecule is CCCCCCCCCCOc1ccc(C(CNC(=O)OC(C)(C)C)(COc2nc(N)nc(Cl)n2)c2ccc(OCCCCCCCCCC)cc2)cc1. The number of nitrogens with zero attached hydrogens (tertiary/aromatic N) is 3. The molecule has 0 bridgehead atoms. The van der Waals surface area contributed by atoms with Crippen LogP contribution in [0.3, 0.4) is 0 Å². The molecular formula is C43H66ClN5O5. The van der Waals surface area contributed by atoms with Crippen molar-refractivity contribution in [3.63, 3.8) is 0 Å². The van der Waals surface area contributed by atoms with E-state index in [0.717, 1.165) is 48.3 Å². The molecule has 0 atom stereocenters.